The van der Waals surface area contributed by atoms with E-state index >= 15 is 0 Å². The standard InChI is InChI=1S/C13H19F2N/c1-9(16)13(14,15)11-7-5-10(6-8-11)12(2,3)4/h5-9H,16H2,1-4H3. The molecule has 1 aromatic rings. The Balaban J connectivity index is 3.05. The molecule has 0 saturated heterocycles. The molecule has 1 aromatic carbocycles. The number of hydrogen-bond donors (Lipinski definition) is 1. The molecule has 0 saturated carbocycles. The van der Waals surface area contributed by atoms with Crippen LogP contribution in [0.15, 0.2) is 24.3 Å². The summed E-state index contributed by atoms with van der Waals surface area (Å²) in [5.74, 6) is -2.96. The summed E-state index contributed by atoms with van der Waals surface area (Å²) in [5, 5.41) is 0. The van der Waals surface area contributed by atoms with Crippen LogP contribution in [-0.2, 0) is 11.3 Å². The van der Waals surface area contributed by atoms with Crippen molar-refractivity contribution in [2.24, 2.45) is 5.73 Å². The minimum Gasteiger partial charge on any atom is -0.323 e. The molecule has 0 amide bonds. The van der Waals surface area contributed by atoms with Crippen molar-refractivity contribution in [3.63, 3.8) is 0 Å². The van der Waals surface area contributed by atoms with E-state index in [0.717, 1.165) is 5.56 Å². The van der Waals surface area contributed by atoms with Crippen molar-refractivity contribution in [2.75, 3.05) is 0 Å². The van der Waals surface area contributed by atoms with Crippen LogP contribution in [-0.4, -0.2) is 6.04 Å². The zero-order valence-corrected chi connectivity index (χ0v) is 10.2. The summed E-state index contributed by atoms with van der Waals surface area (Å²) in [5.41, 5.74) is 6.27. The van der Waals surface area contributed by atoms with Crippen LogP contribution in [0, 0.1) is 0 Å². The molecule has 2 N–H and O–H groups in total. The molecule has 16 heavy (non-hydrogen) atoms. The first-order valence-electron chi connectivity index (χ1n) is 5.40. The van der Waals surface area contributed by atoms with Gasteiger partial charge in [0.2, 0.25) is 0 Å². The Hall–Kier alpha value is -0.960. The van der Waals surface area contributed by atoms with Crippen LogP contribution >= 0.6 is 0 Å². The molecule has 0 aliphatic carbocycles. The van der Waals surface area contributed by atoms with Gasteiger partial charge in [-0.1, -0.05) is 45.0 Å². The highest BCUT2D eigenvalue weighted by Crippen LogP contribution is 2.32. The van der Waals surface area contributed by atoms with Gasteiger partial charge in [0.25, 0.3) is 5.92 Å². The largest absolute Gasteiger partial charge is 0.323 e. The van der Waals surface area contributed by atoms with E-state index in [1.165, 1.54) is 19.1 Å². The van der Waals surface area contributed by atoms with Crippen LogP contribution < -0.4 is 5.73 Å². The number of hydrogen-bond acceptors (Lipinski definition) is 1. The predicted octanol–water partition coefficient (Wildman–Crippen LogP) is 3.42. The Kier molecular flexibility index (Phi) is 3.38. The smallest absolute Gasteiger partial charge is 0.287 e. The monoisotopic (exact) mass is 227 g/mol. The molecule has 1 atom stereocenters. The predicted molar refractivity (Wildman–Crippen MR) is 62.7 cm³/mol. The Morgan fingerprint density at radius 3 is 1.69 bits per heavy atom. The first-order valence-corrected chi connectivity index (χ1v) is 5.40. The Morgan fingerprint density at radius 1 is 1.00 bits per heavy atom. The number of benzene rings is 1. The SMILES string of the molecule is CC(N)C(F)(F)c1ccc(C(C)(C)C)cc1. The average Bonchev–Trinajstić information content (AvgIpc) is 2.16. The van der Waals surface area contributed by atoms with Crippen LogP contribution in [0.5, 0.6) is 0 Å². The molecule has 0 heterocycles. The second-order valence-corrected chi connectivity index (χ2v) is 5.24. The molecular formula is C13H19F2N. The molecule has 0 fully saturated rings. The molecule has 1 rings (SSSR count). The maximum Gasteiger partial charge on any atom is 0.287 e. The average molecular weight is 227 g/mol. The minimum atomic E-state index is -2.96. The van der Waals surface area contributed by atoms with Crippen LogP contribution in [0.2, 0.25) is 0 Å². The molecule has 0 aliphatic rings. The number of rotatable bonds is 2. The summed E-state index contributed by atoms with van der Waals surface area (Å²) in [6, 6.07) is 5.23. The Labute approximate surface area is 95.7 Å². The van der Waals surface area contributed by atoms with Crippen molar-refractivity contribution in [1.82, 2.24) is 0 Å². The van der Waals surface area contributed by atoms with Crippen molar-refractivity contribution in [3.05, 3.63) is 35.4 Å². The zero-order chi connectivity index (χ0) is 12.6. The fraction of sp³-hybridized carbons (Fsp3) is 0.538. The maximum atomic E-state index is 13.6. The van der Waals surface area contributed by atoms with Crippen LogP contribution in [0.3, 0.4) is 0 Å². The van der Waals surface area contributed by atoms with Gasteiger partial charge < -0.3 is 5.73 Å². The molecule has 3 heteroatoms. The van der Waals surface area contributed by atoms with Crippen molar-refractivity contribution >= 4 is 0 Å². The molecule has 0 radical (unpaired) electrons. The van der Waals surface area contributed by atoms with Gasteiger partial charge in [-0.25, -0.2) is 0 Å². The highest BCUT2D eigenvalue weighted by atomic mass is 19.3. The van der Waals surface area contributed by atoms with E-state index < -0.39 is 12.0 Å². The minimum absolute atomic E-state index is 0.0181. The van der Waals surface area contributed by atoms with Crippen molar-refractivity contribution in [2.45, 2.75) is 45.1 Å². The quantitative estimate of drug-likeness (QED) is 0.823. The van der Waals surface area contributed by atoms with E-state index in [-0.39, 0.29) is 11.0 Å². The molecule has 0 aromatic heterocycles. The van der Waals surface area contributed by atoms with Crippen molar-refractivity contribution < 1.29 is 8.78 Å². The van der Waals surface area contributed by atoms with Crippen molar-refractivity contribution in [1.29, 1.82) is 0 Å². The van der Waals surface area contributed by atoms with E-state index in [1.54, 1.807) is 12.1 Å². The third kappa shape index (κ3) is 2.59. The fourth-order valence-corrected chi connectivity index (χ4v) is 1.46. The van der Waals surface area contributed by atoms with Gasteiger partial charge in [-0.15, -0.1) is 0 Å². The lowest BCUT2D eigenvalue weighted by Gasteiger charge is -2.23. The highest BCUT2D eigenvalue weighted by Gasteiger charge is 2.36. The van der Waals surface area contributed by atoms with E-state index in [9.17, 15) is 8.78 Å². The lowest BCUT2D eigenvalue weighted by atomic mass is 9.86. The molecule has 0 spiro atoms. The molecular weight excluding hydrogens is 208 g/mol. The fourth-order valence-electron chi connectivity index (χ4n) is 1.46. The molecule has 1 nitrogen and oxygen atoms in total. The lowest BCUT2D eigenvalue weighted by Crippen LogP contribution is -2.35. The maximum absolute atomic E-state index is 13.6. The molecule has 1 unspecified atom stereocenters. The van der Waals surface area contributed by atoms with Gasteiger partial charge in [-0.2, -0.15) is 8.78 Å². The van der Waals surface area contributed by atoms with Crippen LogP contribution in [0.1, 0.15) is 38.8 Å². The normalized spacial score (nSPS) is 14.9. The van der Waals surface area contributed by atoms with Crippen molar-refractivity contribution in [3.8, 4) is 0 Å². The third-order valence-electron chi connectivity index (χ3n) is 2.71. The first kappa shape index (κ1) is 13.1. The van der Waals surface area contributed by atoms with Gasteiger partial charge >= 0.3 is 0 Å². The summed E-state index contributed by atoms with van der Waals surface area (Å²) in [6.45, 7) is 7.46. The van der Waals surface area contributed by atoms with Gasteiger partial charge in [0.1, 0.15) is 0 Å². The summed E-state index contributed by atoms with van der Waals surface area (Å²) >= 11 is 0. The Morgan fingerprint density at radius 2 is 1.38 bits per heavy atom. The first-order chi connectivity index (χ1) is 7.15. The van der Waals surface area contributed by atoms with E-state index in [2.05, 4.69) is 0 Å². The third-order valence-corrected chi connectivity index (χ3v) is 2.71. The van der Waals surface area contributed by atoms with Gasteiger partial charge in [-0.3, -0.25) is 0 Å². The Bertz CT molecular complexity index is 347. The van der Waals surface area contributed by atoms with Gasteiger partial charge in [0.05, 0.1) is 6.04 Å². The topological polar surface area (TPSA) is 26.0 Å². The number of halogens is 2. The van der Waals surface area contributed by atoms with E-state index in [4.69, 9.17) is 5.73 Å². The summed E-state index contributed by atoms with van der Waals surface area (Å²) in [7, 11) is 0. The second-order valence-electron chi connectivity index (χ2n) is 5.24. The van der Waals surface area contributed by atoms with Gasteiger partial charge in [0, 0.05) is 5.56 Å². The summed E-state index contributed by atoms with van der Waals surface area (Å²) in [6.07, 6.45) is 0. The number of alkyl halides is 2. The zero-order valence-electron chi connectivity index (χ0n) is 10.2. The molecule has 0 bridgehead atoms. The molecule has 0 aliphatic heterocycles. The lowest BCUT2D eigenvalue weighted by molar-refractivity contribution is -0.0256. The summed E-state index contributed by atoms with van der Waals surface area (Å²) < 4.78 is 27.2. The van der Waals surface area contributed by atoms with Gasteiger partial charge in [0.15, 0.2) is 0 Å². The van der Waals surface area contributed by atoms with E-state index in [0.29, 0.717) is 0 Å². The number of nitrogens with two attached hydrogens (primary N) is 1. The van der Waals surface area contributed by atoms with Crippen LogP contribution in [0.25, 0.3) is 0 Å². The van der Waals surface area contributed by atoms with E-state index in [1.807, 2.05) is 20.8 Å². The molecule has 90 valence electrons. The highest BCUT2D eigenvalue weighted by molar-refractivity contribution is 5.30. The van der Waals surface area contributed by atoms with Crippen LogP contribution in [0.4, 0.5) is 8.78 Å². The summed E-state index contributed by atoms with van der Waals surface area (Å²) in [4.78, 5) is 0. The van der Waals surface area contributed by atoms with Gasteiger partial charge in [-0.05, 0) is 17.9 Å². The second kappa shape index (κ2) is 4.13.